The van der Waals surface area contributed by atoms with E-state index in [2.05, 4.69) is 22.2 Å². The van der Waals surface area contributed by atoms with Crippen LogP contribution in [0.1, 0.15) is 13.3 Å². The van der Waals surface area contributed by atoms with Gasteiger partial charge in [-0.05, 0) is 19.4 Å². The highest BCUT2D eigenvalue weighted by Crippen LogP contribution is 2.19. The lowest BCUT2D eigenvalue weighted by atomic mass is 10.0. The largest absolute Gasteiger partial charge is 0.381 e. The number of nitrogens with one attached hydrogen (secondary N) is 1. The van der Waals surface area contributed by atoms with E-state index in [4.69, 9.17) is 4.74 Å². The maximum atomic E-state index is 5.40. The molecule has 2 heterocycles. The van der Waals surface area contributed by atoms with Gasteiger partial charge in [-0.1, -0.05) is 0 Å². The molecule has 1 aliphatic heterocycles. The van der Waals surface area contributed by atoms with Crippen LogP contribution in [0.2, 0.25) is 0 Å². The van der Waals surface area contributed by atoms with E-state index in [-0.39, 0.29) is 0 Å². The van der Waals surface area contributed by atoms with Gasteiger partial charge in [0.25, 0.3) is 0 Å². The van der Waals surface area contributed by atoms with Crippen molar-refractivity contribution in [2.75, 3.05) is 37.5 Å². The van der Waals surface area contributed by atoms with Gasteiger partial charge in [0.15, 0.2) is 0 Å². The first-order valence-corrected chi connectivity index (χ1v) is 6.01. The van der Waals surface area contributed by atoms with E-state index >= 15 is 0 Å². The van der Waals surface area contributed by atoms with E-state index in [1.807, 2.05) is 25.1 Å². The highest BCUT2D eigenvalue weighted by atomic mass is 16.5. The molecule has 1 aromatic rings. The third kappa shape index (κ3) is 3.06. The Balaban J connectivity index is 1.99. The first-order chi connectivity index (χ1) is 8.16. The van der Waals surface area contributed by atoms with Gasteiger partial charge in [0.2, 0.25) is 5.95 Å². The summed E-state index contributed by atoms with van der Waals surface area (Å²) in [6.07, 6.45) is 2.91. The second-order valence-electron chi connectivity index (χ2n) is 4.69. The van der Waals surface area contributed by atoms with Crippen LogP contribution < -0.4 is 10.2 Å². The third-order valence-corrected chi connectivity index (χ3v) is 3.09. The summed E-state index contributed by atoms with van der Waals surface area (Å²) in [4.78, 5) is 10.5. The second-order valence-corrected chi connectivity index (χ2v) is 4.69. The van der Waals surface area contributed by atoms with E-state index in [0.29, 0.717) is 12.0 Å². The zero-order valence-corrected chi connectivity index (χ0v) is 10.7. The number of rotatable bonds is 4. The number of aromatic nitrogens is 2. The molecule has 1 fully saturated rings. The van der Waals surface area contributed by atoms with Gasteiger partial charge in [0.1, 0.15) is 5.82 Å². The molecule has 94 valence electrons. The van der Waals surface area contributed by atoms with Gasteiger partial charge in [-0.3, -0.25) is 0 Å². The molecule has 0 spiro atoms. The highest BCUT2D eigenvalue weighted by Gasteiger charge is 2.22. The van der Waals surface area contributed by atoms with Crippen molar-refractivity contribution in [1.82, 2.24) is 9.97 Å². The molecular formula is C12H20N4O. The maximum absolute atomic E-state index is 5.40. The Labute approximate surface area is 102 Å². The fourth-order valence-corrected chi connectivity index (χ4v) is 1.94. The summed E-state index contributed by atoms with van der Waals surface area (Å²) in [5.41, 5.74) is 0. The predicted octanol–water partition coefficient (Wildman–Crippen LogP) is 1.38. The minimum Gasteiger partial charge on any atom is -0.381 e. The van der Waals surface area contributed by atoms with Crippen LogP contribution in [0.3, 0.4) is 0 Å². The second kappa shape index (κ2) is 5.31. The number of ether oxygens (including phenoxy) is 1. The number of hydrogen-bond donors (Lipinski definition) is 1. The summed E-state index contributed by atoms with van der Waals surface area (Å²) in [6.45, 7) is 3.90. The predicted molar refractivity (Wildman–Crippen MR) is 68.4 cm³/mol. The molecule has 2 atom stereocenters. The van der Waals surface area contributed by atoms with Crippen molar-refractivity contribution in [3.8, 4) is 0 Å². The smallest absolute Gasteiger partial charge is 0.226 e. The summed E-state index contributed by atoms with van der Waals surface area (Å²) in [7, 11) is 3.88. The maximum Gasteiger partial charge on any atom is 0.226 e. The molecule has 5 heteroatoms. The average molecular weight is 236 g/mol. The zero-order chi connectivity index (χ0) is 12.3. The number of hydrogen-bond acceptors (Lipinski definition) is 5. The van der Waals surface area contributed by atoms with Gasteiger partial charge in [-0.15, -0.1) is 0 Å². The topological polar surface area (TPSA) is 50.3 Å². The van der Waals surface area contributed by atoms with E-state index in [1.54, 1.807) is 6.20 Å². The van der Waals surface area contributed by atoms with Gasteiger partial charge in [-0.2, -0.15) is 4.98 Å². The molecule has 0 aliphatic carbocycles. The average Bonchev–Trinajstić information content (AvgIpc) is 2.82. The molecule has 2 unspecified atom stereocenters. The monoisotopic (exact) mass is 236 g/mol. The Bertz CT molecular complexity index is 363. The van der Waals surface area contributed by atoms with Crippen LogP contribution in [0.15, 0.2) is 12.3 Å². The molecule has 2 rings (SSSR count). The Morgan fingerprint density at radius 1 is 1.53 bits per heavy atom. The van der Waals surface area contributed by atoms with Gasteiger partial charge in [0, 0.05) is 38.9 Å². The van der Waals surface area contributed by atoms with E-state index in [1.165, 1.54) is 0 Å². The third-order valence-electron chi connectivity index (χ3n) is 3.09. The normalized spacial score (nSPS) is 21.2. The van der Waals surface area contributed by atoms with Crippen molar-refractivity contribution >= 4 is 11.8 Å². The molecule has 0 bridgehead atoms. The summed E-state index contributed by atoms with van der Waals surface area (Å²) in [6, 6.07) is 2.28. The Kier molecular flexibility index (Phi) is 3.78. The van der Waals surface area contributed by atoms with Gasteiger partial charge in [-0.25, -0.2) is 4.98 Å². The lowest BCUT2D eigenvalue weighted by Gasteiger charge is -2.20. The minimum absolute atomic E-state index is 0.377. The molecule has 17 heavy (non-hydrogen) atoms. The van der Waals surface area contributed by atoms with E-state index in [0.717, 1.165) is 31.4 Å². The van der Waals surface area contributed by atoms with Crippen molar-refractivity contribution in [3.05, 3.63) is 12.3 Å². The van der Waals surface area contributed by atoms with Crippen LogP contribution in [0.25, 0.3) is 0 Å². The van der Waals surface area contributed by atoms with Gasteiger partial charge < -0.3 is 15.0 Å². The molecule has 0 aromatic carbocycles. The van der Waals surface area contributed by atoms with Crippen molar-refractivity contribution in [2.45, 2.75) is 19.4 Å². The summed E-state index contributed by atoms with van der Waals surface area (Å²) in [5, 5.41) is 3.42. The zero-order valence-electron chi connectivity index (χ0n) is 10.7. The van der Waals surface area contributed by atoms with Crippen LogP contribution in [0.4, 0.5) is 11.8 Å². The Morgan fingerprint density at radius 3 is 3.00 bits per heavy atom. The minimum atomic E-state index is 0.377. The lowest BCUT2D eigenvalue weighted by Crippen LogP contribution is -2.27. The molecule has 0 radical (unpaired) electrons. The number of nitrogens with zero attached hydrogens (tertiary/aromatic N) is 3. The van der Waals surface area contributed by atoms with E-state index < -0.39 is 0 Å². The molecule has 1 saturated heterocycles. The van der Waals surface area contributed by atoms with Crippen LogP contribution >= 0.6 is 0 Å². The first kappa shape index (κ1) is 12.1. The quantitative estimate of drug-likeness (QED) is 0.856. The number of anilines is 2. The molecule has 1 N–H and O–H groups in total. The van der Waals surface area contributed by atoms with Crippen LogP contribution in [0.5, 0.6) is 0 Å². The molecule has 1 aliphatic rings. The lowest BCUT2D eigenvalue weighted by molar-refractivity contribution is 0.183. The van der Waals surface area contributed by atoms with Crippen molar-refractivity contribution in [2.24, 2.45) is 5.92 Å². The summed E-state index contributed by atoms with van der Waals surface area (Å²) in [5.74, 6) is 2.18. The summed E-state index contributed by atoms with van der Waals surface area (Å²) >= 11 is 0. The highest BCUT2D eigenvalue weighted by molar-refractivity contribution is 5.41. The molecule has 1 aromatic heterocycles. The van der Waals surface area contributed by atoms with Crippen LogP contribution in [0, 0.1) is 5.92 Å². The van der Waals surface area contributed by atoms with Crippen molar-refractivity contribution in [1.29, 1.82) is 0 Å². The fraction of sp³-hybridized carbons (Fsp3) is 0.667. The fourth-order valence-electron chi connectivity index (χ4n) is 1.94. The SMILES string of the molecule is CC(Nc1ccnc(N(C)C)n1)C1CCOC1. The molecule has 0 saturated carbocycles. The standard InChI is InChI=1S/C12H20N4O/c1-9(10-5-7-17-8-10)14-11-4-6-13-12(15-11)16(2)3/h4,6,9-10H,5,7-8H2,1-3H3,(H,13,14,15). The Hall–Kier alpha value is -1.36. The summed E-state index contributed by atoms with van der Waals surface area (Å²) < 4.78 is 5.40. The van der Waals surface area contributed by atoms with Crippen LogP contribution in [-0.4, -0.2) is 43.3 Å². The molecular weight excluding hydrogens is 216 g/mol. The Morgan fingerprint density at radius 2 is 2.35 bits per heavy atom. The van der Waals surface area contributed by atoms with Gasteiger partial charge >= 0.3 is 0 Å². The van der Waals surface area contributed by atoms with Crippen molar-refractivity contribution < 1.29 is 4.74 Å². The van der Waals surface area contributed by atoms with Gasteiger partial charge in [0.05, 0.1) is 6.61 Å². The van der Waals surface area contributed by atoms with Crippen molar-refractivity contribution in [3.63, 3.8) is 0 Å². The first-order valence-electron chi connectivity index (χ1n) is 6.01. The molecule has 5 nitrogen and oxygen atoms in total. The molecule has 0 amide bonds. The van der Waals surface area contributed by atoms with E-state index in [9.17, 15) is 0 Å². The van der Waals surface area contributed by atoms with Crippen LogP contribution in [-0.2, 0) is 4.74 Å².